The van der Waals surface area contributed by atoms with Crippen LogP contribution < -0.4 is 4.74 Å². The third-order valence-electron chi connectivity index (χ3n) is 3.98. The van der Waals surface area contributed by atoms with E-state index in [2.05, 4.69) is 0 Å². The molecule has 0 radical (unpaired) electrons. The summed E-state index contributed by atoms with van der Waals surface area (Å²) in [5.41, 5.74) is 0.753. The van der Waals surface area contributed by atoms with Gasteiger partial charge in [-0.2, -0.15) is 8.78 Å². The van der Waals surface area contributed by atoms with E-state index in [1.165, 1.54) is 12.1 Å². The lowest BCUT2D eigenvalue weighted by Crippen LogP contribution is -2.11. The lowest BCUT2D eigenvalue weighted by atomic mass is 10.0. The second-order valence-electron chi connectivity index (χ2n) is 5.60. The van der Waals surface area contributed by atoms with Gasteiger partial charge >= 0.3 is 0 Å². The van der Waals surface area contributed by atoms with Gasteiger partial charge in [-0.25, -0.2) is 17.2 Å². The maximum atomic E-state index is 14.2. The quantitative estimate of drug-likeness (QED) is 0.364. The molecule has 0 bridgehead atoms. The molecule has 0 unspecified atom stereocenters. The van der Waals surface area contributed by atoms with E-state index in [0.29, 0.717) is 17.2 Å². The molecule has 0 spiro atoms. The predicted molar refractivity (Wildman–Crippen MR) is 87.6 cm³/mol. The average molecular weight is 399 g/mol. The molecule has 9 heteroatoms. The van der Waals surface area contributed by atoms with Gasteiger partial charge in [0.1, 0.15) is 20.8 Å². The first kappa shape index (κ1) is 19.1. The molecule has 0 heterocycles. The topological polar surface area (TPSA) is 66.4 Å². The Labute approximate surface area is 151 Å². The monoisotopic (exact) mass is 399 g/mol. The molecule has 0 saturated carbocycles. The van der Waals surface area contributed by atoms with E-state index in [-0.39, 0.29) is 5.75 Å². The molecule has 0 amide bonds. The summed E-state index contributed by atoms with van der Waals surface area (Å²) in [6.45, 7) is 1.83. The fourth-order valence-corrected chi connectivity index (χ4v) is 3.39. The molecule has 0 fully saturated rings. The van der Waals surface area contributed by atoms with Crippen LogP contribution in [0.3, 0.4) is 0 Å². The van der Waals surface area contributed by atoms with Crippen LogP contribution in [0.5, 0.6) is 11.5 Å². The summed E-state index contributed by atoms with van der Waals surface area (Å²) < 4.78 is 94.0. The van der Waals surface area contributed by atoms with E-state index < -0.39 is 44.0 Å². The number of hydrogen-bond acceptors (Lipinski definition) is 4. The second kappa shape index (κ2) is 6.82. The molecule has 3 rings (SSSR count). The molecule has 0 aliphatic carbocycles. The summed E-state index contributed by atoms with van der Waals surface area (Å²) in [7, 11) is -5.78. The zero-order valence-corrected chi connectivity index (χ0v) is 14.5. The first-order chi connectivity index (χ1) is 12.7. The van der Waals surface area contributed by atoms with Crippen LogP contribution in [0.2, 0.25) is 0 Å². The van der Waals surface area contributed by atoms with Crippen molar-refractivity contribution in [1.82, 2.24) is 0 Å². The standard InChI is InChI=1S/C18H12F4O4S/c1-2-9-5-3-6-10-7-4-8-11(12(9)10)26-17-13(19)15(21)18(27(23,24)25)16(22)14(17)20/h3-8H,2H2,1H3,(H,23,24,25)/p-1. The second-order valence-corrected chi connectivity index (χ2v) is 6.91. The summed E-state index contributed by atoms with van der Waals surface area (Å²) in [5.74, 6) is -10.5. The van der Waals surface area contributed by atoms with Crippen LogP contribution in [-0.2, 0) is 16.5 Å². The third-order valence-corrected chi connectivity index (χ3v) is 4.84. The smallest absolute Gasteiger partial charge is 0.205 e. The highest BCUT2D eigenvalue weighted by Crippen LogP contribution is 2.38. The molecule has 0 aliphatic rings. The van der Waals surface area contributed by atoms with Crippen LogP contribution in [0.25, 0.3) is 10.8 Å². The van der Waals surface area contributed by atoms with Gasteiger partial charge in [0, 0.05) is 5.39 Å². The molecular weight excluding hydrogens is 388 g/mol. The van der Waals surface area contributed by atoms with Gasteiger partial charge in [-0.3, -0.25) is 0 Å². The number of halogens is 4. The molecule has 4 nitrogen and oxygen atoms in total. The van der Waals surface area contributed by atoms with E-state index in [4.69, 9.17) is 4.74 Å². The minimum atomic E-state index is -5.78. The first-order valence-corrected chi connectivity index (χ1v) is 9.08. The molecule has 0 N–H and O–H groups in total. The largest absolute Gasteiger partial charge is 0.744 e. The van der Waals surface area contributed by atoms with Crippen molar-refractivity contribution < 1.29 is 35.3 Å². The summed E-state index contributed by atoms with van der Waals surface area (Å²) >= 11 is 0. The number of aryl methyl sites for hydroxylation is 1. The number of benzene rings is 3. The fourth-order valence-electron chi connectivity index (χ4n) is 2.77. The molecular formula is C18H11F4O4S-. The Morgan fingerprint density at radius 2 is 1.48 bits per heavy atom. The van der Waals surface area contributed by atoms with Gasteiger partial charge < -0.3 is 9.29 Å². The summed E-state index contributed by atoms with van der Waals surface area (Å²) in [6, 6.07) is 9.78. The van der Waals surface area contributed by atoms with Gasteiger partial charge in [0.25, 0.3) is 0 Å². The first-order valence-electron chi connectivity index (χ1n) is 7.67. The Bertz CT molecular complexity index is 1130. The molecule has 0 aliphatic heterocycles. The van der Waals surface area contributed by atoms with Crippen molar-refractivity contribution in [2.75, 3.05) is 0 Å². The van der Waals surface area contributed by atoms with Crippen molar-refractivity contribution in [3.63, 3.8) is 0 Å². The van der Waals surface area contributed by atoms with Crippen LogP contribution in [-0.4, -0.2) is 13.0 Å². The maximum absolute atomic E-state index is 14.2. The van der Waals surface area contributed by atoms with Gasteiger partial charge in [-0.15, -0.1) is 0 Å². The molecule has 3 aromatic carbocycles. The third kappa shape index (κ3) is 3.24. The SMILES string of the molecule is CCc1cccc2cccc(Oc3c(F)c(F)c(S(=O)(=O)[O-])c(F)c3F)c12. The molecule has 0 saturated heterocycles. The van der Waals surface area contributed by atoms with Crippen molar-refractivity contribution >= 4 is 20.9 Å². The van der Waals surface area contributed by atoms with Gasteiger partial charge in [0.2, 0.25) is 17.4 Å². The Kier molecular flexibility index (Phi) is 4.83. The molecule has 0 aromatic heterocycles. The highest BCUT2D eigenvalue weighted by molar-refractivity contribution is 7.85. The Morgan fingerprint density at radius 3 is 2.00 bits per heavy atom. The summed E-state index contributed by atoms with van der Waals surface area (Å²) in [4.78, 5) is -2.22. The van der Waals surface area contributed by atoms with Crippen LogP contribution in [0, 0.1) is 23.3 Å². The zero-order chi connectivity index (χ0) is 19.9. The lowest BCUT2D eigenvalue weighted by molar-refractivity contribution is 0.347. The number of ether oxygens (including phenoxy) is 1. The number of fused-ring (bicyclic) bond motifs is 1. The predicted octanol–water partition coefficient (Wildman–Crippen LogP) is 4.66. The Morgan fingerprint density at radius 1 is 0.926 bits per heavy atom. The van der Waals surface area contributed by atoms with Gasteiger partial charge in [0.15, 0.2) is 11.6 Å². The molecule has 3 aromatic rings. The van der Waals surface area contributed by atoms with Crippen molar-refractivity contribution in [2.24, 2.45) is 0 Å². The highest BCUT2D eigenvalue weighted by Gasteiger charge is 2.30. The average Bonchev–Trinajstić information content (AvgIpc) is 2.62. The fraction of sp³-hybridized carbons (Fsp3) is 0.111. The Hall–Kier alpha value is -2.65. The molecule has 27 heavy (non-hydrogen) atoms. The van der Waals surface area contributed by atoms with Crippen LogP contribution in [0.1, 0.15) is 12.5 Å². The normalized spacial score (nSPS) is 11.8. The van der Waals surface area contributed by atoms with E-state index in [9.17, 15) is 30.5 Å². The van der Waals surface area contributed by atoms with Crippen LogP contribution in [0.15, 0.2) is 41.3 Å². The van der Waals surface area contributed by atoms with E-state index in [0.717, 1.165) is 5.56 Å². The maximum Gasteiger partial charge on any atom is 0.205 e. The van der Waals surface area contributed by atoms with Crippen molar-refractivity contribution in [3.05, 3.63) is 65.2 Å². The van der Waals surface area contributed by atoms with E-state index in [1.807, 2.05) is 6.92 Å². The van der Waals surface area contributed by atoms with Gasteiger partial charge in [0.05, 0.1) is 0 Å². The van der Waals surface area contributed by atoms with Gasteiger partial charge in [-0.05, 0) is 23.4 Å². The van der Waals surface area contributed by atoms with Crippen molar-refractivity contribution in [1.29, 1.82) is 0 Å². The highest BCUT2D eigenvalue weighted by atomic mass is 32.2. The van der Waals surface area contributed by atoms with Crippen LogP contribution >= 0.6 is 0 Å². The van der Waals surface area contributed by atoms with Gasteiger partial charge in [-0.1, -0.05) is 37.3 Å². The van der Waals surface area contributed by atoms with E-state index >= 15 is 0 Å². The van der Waals surface area contributed by atoms with E-state index in [1.54, 1.807) is 24.3 Å². The Balaban J connectivity index is 2.26. The summed E-state index contributed by atoms with van der Waals surface area (Å²) in [6.07, 6.45) is 0.540. The number of hydrogen-bond donors (Lipinski definition) is 0. The molecule has 142 valence electrons. The van der Waals surface area contributed by atoms with Crippen LogP contribution in [0.4, 0.5) is 17.6 Å². The molecule has 0 atom stereocenters. The number of rotatable bonds is 4. The minimum absolute atomic E-state index is 0.0840. The lowest BCUT2D eigenvalue weighted by Gasteiger charge is -2.16. The van der Waals surface area contributed by atoms with Crippen molar-refractivity contribution in [3.8, 4) is 11.5 Å². The summed E-state index contributed by atoms with van der Waals surface area (Å²) in [5, 5.41) is 1.13. The van der Waals surface area contributed by atoms with Crippen molar-refractivity contribution in [2.45, 2.75) is 18.2 Å². The zero-order valence-electron chi connectivity index (χ0n) is 13.7. The minimum Gasteiger partial charge on any atom is -0.744 e.